The molecule has 2 rings (SSSR count). The molecule has 2 aliphatic rings. The molecule has 2 fully saturated rings. The van der Waals surface area contributed by atoms with Gasteiger partial charge in [-0.25, -0.2) is 0 Å². The largest absolute Gasteiger partial charge is 0.377 e. The molecule has 2 saturated heterocycles. The second kappa shape index (κ2) is 6.15. The number of nitrogens with zero attached hydrogens (tertiary/aromatic N) is 2. The molecule has 6 heteroatoms. The molecule has 0 aliphatic carbocycles. The van der Waals surface area contributed by atoms with Crippen LogP contribution < -0.4 is 0 Å². The zero-order valence-electron chi connectivity index (χ0n) is 10.8. The maximum atomic E-state index is 12.1. The minimum absolute atomic E-state index is 0.00241. The monoisotopic (exact) mass is 256 g/mol. The summed E-state index contributed by atoms with van der Waals surface area (Å²) in [4.78, 5) is 27.1. The predicted molar refractivity (Wildman–Crippen MR) is 64.0 cm³/mol. The Hall–Kier alpha value is -1.14. The Labute approximate surface area is 107 Å². The maximum Gasteiger partial charge on any atom is 0.249 e. The first-order chi connectivity index (χ1) is 8.66. The summed E-state index contributed by atoms with van der Waals surface area (Å²) in [5.41, 5.74) is 0. The van der Waals surface area contributed by atoms with Gasteiger partial charge in [-0.3, -0.25) is 9.59 Å². The highest BCUT2D eigenvalue weighted by atomic mass is 16.5. The van der Waals surface area contributed by atoms with Gasteiger partial charge >= 0.3 is 0 Å². The van der Waals surface area contributed by atoms with Gasteiger partial charge in [0.1, 0.15) is 6.61 Å². The molecule has 0 spiro atoms. The Bertz CT molecular complexity index is 321. The number of carbonyl (C=O) groups is 2. The van der Waals surface area contributed by atoms with E-state index in [9.17, 15) is 9.59 Å². The lowest BCUT2D eigenvalue weighted by Crippen LogP contribution is -2.48. The SMILES string of the molecule is CC1CN(C(=O)CN2CCOCC2=O)CCCO1. The molecule has 102 valence electrons. The summed E-state index contributed by atoms with van der Waals surface area (Å²) in [6.45, 7) is 5.25. The fourth-order valence-electron chi connectivity index (χ4n) is 2.20. The van der Waals surface area contributed by atoms with Crippen LogP contribution >= 0.6 is 0 Å². The van der Waals surface area contributed by atoms with Crippen LogP contribution in [-0.4, -0.2) is 73.7 Å². The minimum Gasteiger partial charge on any atom is -0.377 e. The second-order valence-electron chi connectivity index (χ2n) is 4.74. The standard InChI is InChI=1S/C12H20N2O4/c1-10-7-13(3-2-5-18-10)11(15)8-14-4-6-17-9-12(14)16/h10H,2-9H2,1H3. The number of morpholine rings is 1. The zero-order chi connectivity index (χ0) is 13.0. The van der Waals surface area contributed by atoms with Crippen molar-refractivity contribution in [2.45, 2.75) is 19.4 Å². The average molecular weight is 256 g/mol. The van der Waals surface area contributed by atoms with Crippen molar-refractivity contribution in [2.75, 3.05) is 46.0 Å². The van der Waals surface area contributed by atoms with Crippen LogP contribution in [0.4, 0.5) is 0 Å². The number of carbonyl (C=O) groups excluding carboxylic acids is 2. The highest BCUT2D eigenvalue weighted by Crippen LogP contribution is 2.07. The van der Waals surface area contributed by atoms with E-state index in [1.165, 1.54) is 0 Å². The first kappa shape index (κ1) is 13.3. The molecular weight excluding hydrogens is 236 g/mol. The van der Waals surface area contributed by atoms with E-state index in [0.29, 0.717) is 32.8 Å². The van der Waals surface area contributed by atoms with Gasteiger partial charge in [0.25, 0.3) is 0 Å². The Kier molecular flexibility index (Phi) is 4.54. The molecule has 2 aliphatic heterocycles. The maximum absolute atomic E-state index is 12.1. The van der Waals surface area contributed by atoms with Crippen molar-refractivity contribution in [3.63, 3.8) is 0 Å². The summed E-state index contributed by atoms with van der Waals surface area (Å²) in [6, 6.07) is 0. The van der Waals surface area contributed by atoms with Crippen LogP contribution in [0.5, 0.6) is 0 Å². The normalized spacial score (nSPS) is 26.1. The van der Waals surface area contributed by atoms with Gasteiger partial charge in [0, 0.05) is 26.2 Å². The number of ether oxygens (including phenoxy) is 2. The number of rotatable bonds is 2. The van der Waals surface area contributed by atoms with Gasteiger partial charge in [0.2, 0.25) is 11.8 Å². The summed E-state index contributed by atoms with van der Waals surface area (Å²) in [6.07, 6.45) is 0.921. The smallest absolute Gasteiger partial charge is 0.249 e. The summed E-state index contributed by atoms with van der Waals surface area (Å²) in [5, 5.41) is 0. The van der Waals surface area contributed by atoms with Crippen molar-refractivity contribution >= 4 is 11.8 Å². The van der Waals surface area contributed by atoms with Crippen LogP contribution in [0.3, 0.4) is 0 Å². The molecule has 0 N–H and O–H groups in total. The fourth-order valence-corrected chi connectivity index (χ4v) is 2.20. The van der Waals surface area contributed by atoms with Crippen LogP contribution in [0.15, 0.2) is 0 Å². The number of hydrogen-bond acceptors (Lipinski definition) is 4. The van der Waals surface area contributed by atoms with Crippen LogP contribution in [0.1, 0.15) is 13.3 Å². The predicted octanol–water partition coefficient (Wildman–Crippen LogP) is -0.517. The van der Waals surface area contributed by atoms with Gasteiger partial charge in [-0.05, 0) is 13.3 Å². The zero-order valence-corrected chi connectivity index (χ0v) is 10.8. The molecule has 0 aromatic carbocycles. The van der Waals surface area contributed by atoms with Gasteiger partial charge < -0.3 is 19.3 Å². The molecule has 2 amide bonds. The van der Waals surface area contributed by atoms with E-state index in [4.69, 9.17) is 9.47 Å². The van der Waals surface area contributed by atoms with Gasteiger partial charge in [0.15, 0.2) is 0 Å². The lowest BCUT2D eigenvalue weighted by Gasteiger charge is -2.29. The Morgan fingerprint density at radius 3 is 3.00 bits per heavy atom. The molecule has 6 nitrogen and oxygen atoms in total. The molecule has 2 heterocycles. The molecule has 1 unspecified atom stereocenters. The van der Waals surface area contributed by atoms with Gasteiger partial charge in [0.05, 0.1) is 19.3 Å². The summed E-state index contributed by atoms with van der Waals surface area (Å²) < 4.78 is 10.5. The topological polar surface area (TPSA) is 59.1 Å². The Morgan fingerprint density at radius 1 is 1.39 bits per heavy atom. The fraction of sp³-hybridized carbons (Fsp3) is 0.833. The van der Waals surface area contributed by atoms with Crippen molar-refractivity contribution in [2.24, 2.45) is 0 Å². The molecule has 1 atom stereocenters. The summed E-state index contributed by atoms with van der Waals surface area (Å²) in [5.74, 6) is -0.101. The summed E-state index contributed by atoms with van der Waals surface area (Å²) >= 11 is 0. The lowest BCUT2D eigenvalue weighted by molar-refractivity contribution is -0.148. The van der Waals surface area contributed by atoms with Crippen LogP contribution in [-0.2, 0) is 19.1 Å². The molecule has 0 radical (unpaired) electrons. The van der Waals surface area contributed by atoms with Crippen LogP contribution in [0, 0.1) is 0 Å². The number of hydrogen-bond donors (Lipinski definition) is 0. The van der Waals surface area contributed by atoms with Gasteiger partial charge in [-0.1, -0.05) is 0 Å². The molecule has 0 aromatic rings. The summed E-state index contributed by atoms with van der Waals surface area (Å²) in [7, 11) is 0. The van der Waals surface area contributed by atoms with E-state index in [0.717, 1.165) is 6.42 Å². The van der Waals surface area contributed by atoms with E-state index in [1.54, 1.807) is 9.80 Å². The Morgan fingerprint density at radius 2 is 2.22 bits per heavy atom. The minimum atomic E-state index is -0.103. The quantitative estimate of drug-likeness (QED) is 0.667. The van der Waals surface area contributed by atoms with Crippen molar-refractivity contribution in [1.29, 1.82) is 0 Å². The molecule has 0 saturated carbocycles. The van der Waals surface area contributed by atoms with Crippen molar-refractivity contribution in [3.05, 3.63) is 0 Å². The van der Waals surface area contributed by atoms with Crippen molar-refractivity contribution < 1.29 is 19.1 Å². The third kappa shape index (κ3) is 3.43. The molecule has 0 bridgehead atoms. The van der Waals surface area contributed by atoms with Crippen molar-refractivity contribution in [3.8, 4) is 0 Å². The first-order valence-electron chi connectivity index (χ1n) is 6.41. The third-order valence-electron chi connectivity index (χ3n) is 3.21. The highest BCUT2D eigenvalue weighted by molar-refractivity contribution is 5.85. The Balaban J connectivity index is 1.87. The van der Waals surface area contributed by atoms with Gasteiger partial charge in [-0.2, -0.15) is 0 Å². The number of amides is 2. The van der Waals surface area contributed by atoms with Crippen molar-refractivity contribution in [1.82, 2.24) is 9.80 Å². The lowest BCUT2D eigenvalue weighted by atomic mass is 10.3. The molecule has 0 aromatic heterocycles. The molecule has 18 heavy (non-hydrogen) atoms. The van der Waals surface area contributed by atoms with Crippen LogP contribution in [0.2, 0.25) is 0 Å². The third-order valence-corrected chi connectivity index (χ3v) is 3.21. The average Bonchev–Trinajstić information content (AvgIpc) is 2.57. The second-order valence-corrected chi connectivity index (χ2v) is 4.74. The van der Waals surface area contributed by atoms with Gasteiger partial charge in [-0.15, -0.1) is 0 Å². The van der Waals surface area contributed by atoms with E-state index in [-0.39, 0.29) is 31.1 Å². The first-order valence-corrected chi connectivity index (χ1v) is 6.41. The van der Waals surface area contributed by atoms with E-state index < -0.39 is 0 Å². The van der Waals surface area contributed by atoms with E-state index in [1.807, 2.05) is 6.92 Å². The highest BCUT2D eigenvalue weighted by Gasteiger charge is 2.25. The van der Waals surface area contributed by atoms with E-state index in [2.05, 4.69) is 0 Å². The van der Waals surface area contributed by atoms with E-state index >= 15 is 0 Å². The van der Waals surface area contributed by atoms with Crippen LogP contribution in [0.25, 0.3) is 0 Å². The molecular formula is C12H20N2O4.